The van der Waals surface area contributed by atoms with Gasteiger partial charge in [0.25, 0.3) is 0 Å². The molecule has 1 aromatic rings. The molecule has 3 N–H and O–H groups in total. The SMILES string of the molecule is C#CCCCCNS(=O)(=O)c1ccc(N)c(OC)c1. The molecule has 0 heterocycles. The summed E-state index contributed by atoms with van der Waals surface area (Å²) in [6, 6.07) is 4.35. The van der Waals surface area contributed by atoms with Crippen LogP contribution in [-0.2, 0) is 10.0 Å². The Balaban J connectivity index is 2.70. The van der Waals surface area contributed by atoms with Crippen molar-refractivity contribution in [1.29, 1.82) is 0 Å². The van der Waals surface area contributed by atoms with Crippen molar-refractivity contribution in [1.82, 2.24) is 4.72 Å². The van der Waals surface area contributed by atoms with Crippen molar-refractivity contribution in [3.8, 4) is 18.1 Å². The Morgan fingerprint density at radius 1 is 1.42 bits per heavy atom. The Morgan fingerprint density at radius 3 is 2.79 bits per heavy atom. The van der Waals surface area contributed by atoms with Crippen LogP contribution in [0.15, 0.2) is 23.1 Å². The lowest BCUT2D eigenvalue weighted by Gasteiger charge is -2.09. The number of sulfonamides is 1. The fourth-order valence-corrected chi connectivity index (χ4v) is 2.59. The summed E-state index contributed by atoms with van der Waals surface area (Å²) in [4.78, 5) is 0.135. The van der Waals surface area contributed by atoms with E-state index in [1.807, 2.05) is 0 Å². The summed E-state index contributed by atoms with van der Waals surface area (Å²) in [7, 11) is -2.09. The van der Waals surface area contributed by atoms with Gasteiger partial charge in [0.1, 0.15) is 5.75 Å². The van der Waals surface area contributed by atoms with Crippen molar-refractivity contribution < 1.29 is 13.2 Å². The number of unbranched alkanes of at least 4 members (excludes halogenated alkanes) is 2. The second-order valence-electron chi connectivity index (χ2n) is 3.96. The first-order valence-corrected chi connectivity index (χ1v) is 7.36. The molecule has 0 saturated carbocycles. The maximum atomic E-state index is 12.0. The number of terminal acetylenes is 1. The fourth-order valence-electron chi connectivity index (χ4n) is 1.50. The van der Waals surface area contributed by atoms with E-state index in [2.05, 4.69) is 10.6 Å². The predicted octanol–water partition coefficient (Wildman–Crippen LogP) is 1.36. The summed E-state index contributed by atoms with van der Waals surface area (Å²) < 4.78 is 31.5. The number of hydrogen-bond acceptors (Lipinski definition) is 4. The van der Waals surface area contributed by atoms with Crippen molar-refractivity contribution in [3.05, 3.63) is 18.2 Å². The number of nitrogens with one attached hydrogen (secondary N) is 1. The van der Waals surface area contributed by atoms with E-state index in [1.54, 1.807) is 0 Å². The lowest BCUT2D eigenvalue weighted by molar-refractivity contribution is 0.415. The molecule has 0 atom stereocenters. The van der Waals surface area contributed by atoms with Crippen LogP contribution in [0.25, 0.3) is 0 Å². The quantitative estimate of drug-likeness (QED) is 0.449. The van der Waals surface area contributed by atoms with Crippen LogP contribution in [0.1, 0.15) is 19.3 Å². The third kappa shape index (κ3) is 4.47. The molecule has 0 aliphatic rings. The van der Waals surface area contributed by atoms with Crippen LogP contribution < -0.4 is 15.2 Å². The minimum Gasteiger partial charge on any atom is -0.495 e. The van der Waals surface area contributed by atoms with Gasteiger partial charge in [0.2, 0.25) is 10.0 Å². The van der Waals surface area contributed by atoms with E-state index in [4.69, 9.17) is 16.9 Å². The minimum atomic E-state index is -3.53. The highest BCUT2D eigenvalue weighted by molar-refractivity contribution is 7.89. The molecule has 0 bridgehead atoms. The molecule has 0 fully saturated rings. The summed E-state index contributed by atoms with van der Waals surface area (Å²) >= 11 is 0. The highest BCUT2D eigenvalue weighted by Gasteiger charge is 2.15. The highest BCUT2D eigenvalue weighted by Crippen LogP contribution is 2.24. The average molecular weight is 282 g/mol. The van der Waals surface area contributed by atoms with Gasteiger partial charge in [0.05, 0.1) is 17.7 Å². The molecule has 1 rings (SSSR count). The molecule has 0 aliphatic carbocycles. The largest absolute Gasteiger partial charge is 0.495 e. The van der Waals surface area contributed by atoms with Crippen molar-refractivity contribution >= 4 is 15.7 Å². The first-order chi connectivity index (χ1) is 9.01. The van der Waals surface area contributed by atoms with E-state index >= 15 is 0 Å². The van der Waals surface area contributed by atoms with Crippen molar-refractivity contribution in [3.63, 3.8) is 0 Å². The number of nitrogens with two attached hydrogens (primary N) is 1. The van der Waals surface area contributed by atoms with E-state index in [1.165, 1.54) is 25.3 Å². The summed E-state index contributed by atoms with van der Waals surface area (Å²) in [5, 5.41) is 0. The predicted molar refractivity (Wildman–Crippen MR) is 75.3 cm³/mol. The monoisotopic (exact) mass is 282 g/mol. The first-order valence-electron chi connectivity index (χ1n) is 5.88. The number of anilines is 1. The molecule has 0 amide bonds. The third-order valence-electron chi connectivity index (χ3n) is 2.56. The van der Waals surface area contributed by atoms with Gasteiger partial charge in [-0.05, 0) is 25.0 Å². The molecule has 104 valence electrons. The molecule has 0 saturated heterocycles. The maximum Gasteiger partial charge on any atom is 0.240 e. The summed E-state index contributed by atoms with van der Waals surface area (Å²) in [5.74, 6) is 2.85. The van der Waals surface area contributed by atoms with Crippen molar-refractivity contribution in [2.75, 3.05) is 19.4 Å². The lowest BCUT2D eigenvalue weighted by Crippen LogP contribution is -2.24. The van der Waals surface area contributed by atoms with Crippen LogP contribution in [0.5, 0.6) is 5.75 Å². The van der Waals surface area contributed by atoms with E-state index in [0.29, 0.717) is 30.8 Å². The smallest absolute Gasteiger partial charge is 0.240 e. The van der Waals surface area contributed by atoms with Gasteiger partial charge in [-0.15, -0.1) is 12.3 Å². The van der Waals surface area contributed by atoms with Gasteiger partial charge in [-0.2, -0.15) is 0 Å². The lowest BCUT2D eigenvalue weighted by atomic mass is 10.2. The molecule has 19 heavy (non-hydrogen) atoms. The Labute approximate surface area is 114 Å². The maximum absolute atomic E-state index is 12.0. The molecule has 5 nitrogen and oxygen atoms in total. The van der Waals surface area contributed by atoms with Crippen LogP contribution in [-0.4, -0.2) is 22.1 Å². The number of rotatable bonds is 7. The Bertz CT molecular complexity index is 562. The zero-order valence-electron chi connectivity index (χ0n) is 10.8. The molecule has 0 unspecified atom stereocenters. The second-order valence-corrected chi connectivity index (χ2v) is 5.73. The van der Waals surface area contributed by atoms with E-state index < -0.39 is 10.0 Å². The number of nitrogen functional groups attached to an aromatic ring is 1. The molecular formula is C13H18N2O3S. The molecule has 1 aromatic carbocycles. The molecule has 0 aliphatic heterocycles. The normalized spacial score (nSPS) is 10.9. The van der Waals surface area contributed by atoms with Crippen LogP contribution in [0.4, 0.5) is 5.69 Å². The van der Waals surface area contributed by atoms with Crippen LogP contribution >= 0.6 is 0 Å². The van der Waals surface area contributed by atoms with E-state index in [-0.39, 0.29) is 4.90 Å². The Hall–Kier alpha value is -1.71. The van der Waals surface area contributed by atoms with Gasteiger partial charge < -0.3 is 10.5 Å². The van der Waals surface area contributed by atoms with Crippen LogP contribution in [0, 0.1) is 12.3 Å². The minimum absolute atomic E-state index is 0.135. The summed E-state index contributed by atoms with van der Waals surface area (Å²) in [5.41, 5.74) is 6.04. The number of hydrogen-bond donors (Lipinski definition) is 2. The molecule has 6 heteroatoms. The molecular weight excluding hydrogens is 264 g/mol. The van der Waals surface area contributed by atoms with Gasteiger partial charge in [-0.3, -0.25) is 0 Å². The molecule has 0 radical (unpaired) electrons. The summed E-state index contributed by atoms with van der Waals surface area (Å²) in [6.45, 7) is 0.358. The standard InChI is InChI=1S/C13H18N2O3S/c1-3-4-5-6-9-15-19(16,17)11-7-8-12(14)13(10-11)18-2/h1,7-8,10,15H,4-6,9,14H2,2H3. The third-order valence-corrected chi connectivity index (χ3v) is 4.01. The Morgan fingerprint density at radius 2 is 2.16 bits per heavy atom. The number of benzene rings is 1. The first kappa shape index (κ1) is 15.3. The van der Waals surface area contributed by atoms with Crippen molar-refractivity contribution in [2.24, 2.45) is 0 Å². The van der Waals surface area contributed by atoms with Gasteiger partial charge in [-0.1, -0.05) is 0 Å². The zero-order valence-corrected chi connectivity index (χ0v) is 11.7. The van der Waals surface area contributed by atoms with E-state index in [0.717, 1.165) is 6.42 Å². The van der Waals surface area contributed by atoms with Gasteiger partial charge >= 0.3 is 0 Å². The highest BCUT2D eigenvalue weighted by atomic mass is 32.2. The van der Waals surface area contributed by atoms with Gasteiger partial charge in [0.15, 0.2) is 0 Å². The zero-order chi connectivity index (χ0) is 14.3. The van der Waals surface area contributed by atoms with Crippen LogP contribution in [0.3, 0.4) is 0 Å². The van der Waals surface area contributed by atoms with E-state index in [9.17, 15) is 8.42 Å². The average Bonchev–Trinajstić information content (AvgIpc) is 2.38. The molecule has 0 spiro atoms. The Kier molecular flexibility index (Phi) is 5.67. The molecule has 0 aromatic heterocycles. The van der Waals surface area contributed by atoms with Gasteiger partial charge in [-0.25, -0.2) is 13.1 Å². The number of methoxy groups -OCH3 is 1. The second kappa shape index (κ2) is 7.02. The van der Waals surface area contributed by atoms with Crippen LogP contribution in [0.2, 0.25) is 0 Å². The fraction of sp³-hybridized carbons (Fsp3) is 0.385. The van der Waals surface area contributed by atoms with Crippen molar-refractivity contribution in [2.45, 2.75) is 24.2 Å². The topological polar surface area (TPSA) is 81.4 Å². The number of ether oxygens (including phenoxy) is 1. The van der Waals surface area contributed by atoms with Gasteiger partial charge in [0, 0.05) is 19.0 Å². The summed E-state index contributed by atoms with van der Waals surface area (Å²) in [6.07, 6.45) is 7.27.